The molecule has 1 fully saturated rings. The number of rotatable bonds is 3. The molecule has 0 aromatic rings. The number of aliphatic hydroxyl groups excluding tert-OH is 4. The summed E-state index contributed by atoms with van der Waals surface area (Å²) in [5, 5.41) is 46.1. The van der Waals surface area contributed by atoms with Crippen molar-refractivity contribution in [2.75, 3.05) is 6.61 Å². The van der Waals surface area contributed by atoms with Gasteiger partial charge < -0.3 is 40.1 Å². The monoisotopic (exact) mass is 276 g/mol. The van der Waals surface area contributed by atoms with Crippen molar-refractivity contribution in [1.29, 1.82) is 0 Å². The maximum atomic E-state index is 10.5. The van der Waals surface area contributed by atoms with Gasteiger partial charge in [0.25, 0.3) is 0 Å². The molecule has 1 aliphatic rings. The highest BCUT2D eigenvalue weighted by Crippen LogP contribution is 2.44. The van der Waals surface area contributed by atoms with Crippen LogP contribution in [0.2, 0.25) is 0 Å². The van der Waals surface area contributed by atoms with E-state index in [-0.39, 0.29) is 0 Å². The molecule has 5 atom stereocenters. The highest BCUT2D eigenvalue weighted by molar-refractivity contribution is 7.46. The lowest BCUT2D eigenvalue weighted by Crippen LogP contribution is -2.65. The maximum absolute atomic E-state index is 10.5. The molecule has 11 heteroatoms. The summed E-state index contributed by atoms with van der Waals surface area (Å²) in [7, 11) is -5.23. The molecule has 10 nitrogen and oxygen atoms in total. The van der Waals surface area contributed by atoms with Crippen molar-refractivity contribution >= 4 is 7.82 Å². The normalized spacial score (nSPS) is 43.7. The first kappa shape index (κ1) is 14.9. The summed E-state index contributed by atoms with van der Waals surface area (Å²) in [6.07, 6.45) is -7.68. The van der Waals surface area contributed by atoms with Gasteiger partial charge in [-0.2, -0.15) is 0 Å². The topological polar surface area (TPSA) is 177 Å². The molecule has 1 aliphatic heterocycles. The minimum Gasteiger partial charge on any atom is -0.394 e. The fraction of sp³-hybridized carbons (Fsp3) is 1.00. The van der Waals surface area contributed by atoms with Crippen molar-refractivity contribution in [3.8, 4) is 0 Å². The van der Waals surface area contributed by atoms with Crippen molar-refractivity contribution in [3.63, 3.8) is 0 Å². The predicted octanol–water partition coefficient (Wildman–Crippen LogP) is -3.78. The molecule has 0 aliphatic carbocycles. The molecule has 102 valence electrons. The highest BCUT2D eigenvalue weighted by Gasteiger charge is 2.56. The molecule has 0 radical (unpaired) electrons. The fourth-order valence-corrected chi connectivity index (χ4v) is 1.86. The zero-order valence-corrected chi connectivity index (χ0v) is 9.21. The van der Waals surface area contributed by atoms with Crippen LogP contribution < -0.4 is 0 Å². The summed E-state index contributed by atoms with van der Waals surface area (Å²) in [5.74, 6) is -3.23. The largest absolute Gasteiger partial charge is 0.474 e. The van der Waals surface area contributed by atoms with Crippen LogP contribution in [-0.2, 0) is 13.8 Å². The number of hydrogen-bond acceptors (Lipinski definition) is 8. The fourth-order valence-electron chi connectivity index (χ4n) is 1.37. The summed E-state index contributed by atoms with van der Waals surface area (Å²) in [4.78, 5) is 17.0. The van der Waals surface area contributed by atoms with Gasteiger partial charge in [-0.25, -0.2) is 9.09 Å². The zero-order chi connectivity index (χ0) is 13.4. The second-order valence-corrected chi connectivity index (χ2v) is 4.64. The van der Waals surface area contributed by atoms with Crippen LogP contribution in [0.1, 0.15) is 0 Å². The second kappa shape index (κ2) is 4.86. The zero-order valence-electron chi connectivity index (χ0n) is 8.32. The van der Waals surface area contributed by atoms with Gasteiger partial charge >= 0.3 is 13.8 Å². The minimum atomic E-state index is -5.23. The highest BCUT2D eigenvalue weighted by atomic mass is 31.2. The Balaban J connectivity index is 2.95. The number of hydrogen-bond donors (Lipinski definition) is 7. The summed E-state index contributed by atoms with van der Waals surface area (Å²) >= 11 is 0. The average molecular weight is 276 g/mol. The lowest BCUT2D eigenvalue weighted by molar-refractivity contribution is -0.425. The molecule has 0 spiro atoms. The molecular weight excluding hydrogens is 263 g/mol. The van der Waals surface area contributed by atoms with Gasteiger partial charge in [0.1, 0.15) is 18.3 Å². The molecule has 1 heterocycles. The van der Waals surface area contributed by atoms with Crippen LogP contribution in [0.5, 0.6) is 0 Å². The lowest BCUT2D eigenvalue weighted by Gasteiger charge is -2.43. The Hall–Kier alpha value is -0.130. The molecule has 0 amide bonds. The van der Waals surface area contributed by atoms with Crippen molar-refractivity contribution in [2.45, 2.75) is 30.4 Å². The van der Waals surface area contributed by atoms with Crippen LogP contribution in [0.3, 0.4) is 0 Å². The third-order valence-corrected chi connectivity index (χ3v) is 2.68. The minimum absolute atomic E-state index is 0.877. The van der Waals surface area contributed by atoms with Gasteiger partial charge in [0.15, 0.2) is 6.10 Å². The van der Waals surface area contributed by atoms with E-state index in [1.165, 1.54) is 0 Å². The van der Waals surface area contributed by atoms with Crippen molar-refractivity contribution < 1.29 is 49.1 Å². The molecule has 1 saturated heterocycles. The Morgan fingerprint density at radius 2 is 1.76 bits per heavy atom. The standard InChI is InChI=1S/C6H13O10P/c7-1-2-3(8)4(9)5(10)6(11,15-2)16-17(12,13)14/h2-5,7-11H,1H2,(H2,12,13,14)/t2-,3-,4+,5-,6+/m1/s1. The predicted molar refractivity (Wildman–Crippen MR) is 48.1 cm³/mol. The Morgan fingerprint density at radius 3 is 2.18 bits per heavy atom. The van der Waals surface area contributed by atoms with Gasteiger partial charge in [-0.1, -0.05) is 0 Å². The van der Waals surface area contributed by atoms with Gasteiger partial charge in [0.2, 0.25) is 0 Å². The summed E-state index contributed by atoms with van der Waals surface area (Å²) < 4.78 is 18.8. The molecular formula is C6H13O10P. The van der Waals surface area contributed by atoms with E-state index in [4.69, 9.17) is 14.9 Å². The Labute approximate surface area is 94.9 Å². The van der Waals surface area contributed by atoms with Crippen molar-refractivity contribution in [1.82, 2.24) is 0 Å². The van der Waals surface area contributed by atoms with E-state index in [0.717, 1.165) is 0 Å². The summed E-state index contributed by atoms with van der Waals surface area (Å²) in [6.45, 7) is -0.877. The van der Waals surface area contributed by atoms with Crippen LogP contribution in [0.25, 0.3) is 0 Å². The van der Waals surface area contributed by atoms with E-state index in [0.29, 0.717) is 0 Å². The van der Waals surface area contributed by atoms with Crippen LogP contribution in [0, 0.1) is 0 Å². The number of phosphoric acid groups is 1. The number of ether oxygens (including phenoxy) is 1. The van der Waals surface area contributed by atoms with E-state index < -0.39 is 44.8 Å². The van der Waals surface area contributed by atoms with Gasteiger partial charge in [0.05, 0.1) is 6.61 Å². The molecule has 7 N–H and O–H groups in total. The molecule has 0 bridgehead atoms. The summed E-state index contributed by atoms with van der Waals surface area (Å²) in [6, 6.07) is 0. The van der Waals surface area contributed by atoms with Crippen LogP contribution in [-0.4, -0.2) is 72.3 Å². The van der Waals surface area contributed by atoms with Gasteiger partial charge in [0, 0.05) is 0 Å². The van der Waals surface area contributed by atoms with Gasteiger partial charge in [-0.05, 0) is 0 Å². The van der Waals surface area contributed by atoms with E-state index in [9.17, 15) is 25.0 Å². The molecule has 0 aromatic heterocycles. The van der Waals surface area contributed by atoms with E-state index >= 15 is 0 Å². The second-order valence-electron chi connectivity index (χ2n) is 3.48. The average Bonchev–Trinajstić information content (AvgIpc) is 2.18. The third-order valence-electron chi connectivity index (χ3n) is 2.18. The van der Waals surface area contributed by atoms with E-state index in [1.807, 2.05) is 0 Å². The van der Waals surface area contributed by atoms with Gasteiger partial charge in [-0.15, -0.1) is 0 Å². The quantitative estimate of drug-likeness (QED) is 0.200. The lowest BCUT2D eigenvalue weighted by atomic mass is 9.98. The SMILES string of the molecule is O=P(O)(O)O[C@@]1(O)O[C@H](CO)[C@@H](O)[C@H](O)[C@H]1O. The van der Waals surface area contributed by atoms with Crippen LogP contribution >= 0.6 is 7.82 Å². The first-order chi connectivity index (χ1) is 7.60. The smallest absolute Gasteiger partial charge is 0.394 e. The van der Waals surface area contributed by atoms with Crippen LogP contribution in [0.4, 0.5) is 0 Å². The molecule has 0 saturated carbocycles. The summed E-state index contributed by atoms with van der Waals surface area (Å²) in [5.41, 5.74) is 0. The first-order valence-electron chi connectivity index (χ1n) is 4.42. The third kappa shape index (κ3) is 3.20. The Bertz CT molecular complexity index is 314. The van der Waals surface area contributed by atoms with Crippen LogP contribution in [0.15, 0.2) is 0 Å². The molecule has 0 aromatic carbocycles. The van der Waals surface area contributed by atoms with E-state index in [1.54, 1.807) is 0 Å². The molecule has 0 unspecified atom stereocenters. The Kier molecular flexibility index (Phi) is 4.27. The molecule has 17 heavy (non-hydrogen) atoms. The van der Waals surface area contributed by atoms with Crippen molar-refractivity contribution in [2.24, 2.45) is 0 Å². The van der Waals surface area contributed by atoms with Crippen molar-refractivity contribution in [3.05, 3.63) is 0 Å². The Morgan fingerprint density at radius 1 is 1.24 bits per heavy atom. The first-order valence-corrected chi connectivity index (χ1v) is 5.95. The maximum Gasteiger partial charge on any atom is 0.474 e. The van der Waals surface area contributed by atoms with Gasteiger partial charge in [-0.3, -0.25) is 0 Å². The molecule has 1 rings (SSSR count). The number of phosphoric ester groups is 1. The number of aliphatic hydroxyl groups is 5. The van der Waals surface area contributed by atoms with E-state index in [2.05, 4.69) is 9.26 Å².